The van der Waals surface area contributed by atoms with Crippen molar-refractivity contribution in [3.8, 4) is 0 Å². The van der Waals surface area contributed by atoms with Crippen molar-refractivity contribution in [3.63, 3.8) is 0 Å². The summed E-state index contributed by atoms with van der Waals surface area (Å²) in [6.45, 7) is 5.89. The van der Waals surface area contributed by atoms with E-state index in [4.69, 9.17) is 4.74 Å². The Kier molecular flexibility index (Phi) is 6.90. The van der Waals surface area contributed by atoms with E-state index in [1.807, 2.05) is 57.3 Å². The molecule has 2 heterocycles. The Morgan fingerprint density at radius 2 is 1.89 bits per heavy atom. The Labute approximate surface area is 218 Å². The lowest BCUT2D eigenvalue weighted by Gasteiger charge is -2.46. The third-order valence-corrected chi connectivity index (χ3v) is 9.20. The number of ketones is 1. The number of carbonyl (C=O) groups excluding carboxylic acids is 2. The number of ether oxygens (including phenoxy) is 1. The van der Waals surface area contributed by atoms with Gasteiger partial charge in [0.2, 0.25) is 5.91 Å². The summed E-state index contributed by atoms with van der Waals surface area (Å²) in [7, 11) is 1.50. The van der Waals surface area contributed by atoms with Crippen LogP contribution in [0.2, 0.25) is 0 Å². The number of carbonyl (C=O) groups is 2. The fourth-order valence-corrected chi connectivity index (χ4v) is 7.12. The molecule has 1 aromatic carbocycles. The van der Waals surface area contributed by atoms with Crippen molar-refractivity contribution in [2.75, 3.05) is 7.11 Å². The van der Waals surface area contributed by atoms with Crippen LogP contribution < -0.4 is 5.32 Å². The third-order valence-electron chi connectivity index (χ3n) is 9.20. The van der Waals surface area contributed by atoms with Gasteiger partial charge in [0.1, 0.15) is 5.41 Å². The molecular weight excluding hydrogens is 468 g/mol. The van der Waals surface area contributed by atoms with Gasteiger partial charge in [-0.15, -0.1) is 0 Å². The number of nitrogens with one attached hydrogen (secondary N) is 2. The van der Waals surface area contributed by atoms with Crippen LogP contribution >= 0.6 is 0 Å². The number of fused-ring (bicyclic) bond motifs is 1. The number of allylic oxidation sites excluding steroid dienone is 1. The Hall–Kier alpha value is -2.74. The lowest BCUT2D eigenvalue weighted by molar-refractivity contribution is -0.150. The molecule has 3 aliphatic rings. The number of aliphatic hydroxyl groups excluding tert-OH is 2. The van der Waals surface area contributed by atoms with Crippen LogP contribution in [0.5, 0.6) is 0 Å². The number of amides is 1. The van der Waals surface area contributed by atoms with Crippen LogP contribution in [0.25, 0.3) is 10.9 Å². The van der Waals surface area contributed by atoms with Gasteiger partial charge in [0.15, 0.2) is 5.78 Å². The minimum Gasteiger partial charge on any atom is -0.390 e. The number of para-hydroxylation sites is 1. The second-order valence-corrected chi connectivity index (χ2v) is 11.3. The summed E-state index contributed by atoms with van der Waals surface area (Å²) >= 11 is 0. The average molecular weight is 507 g/mol. The first kappa shape index (κ1) is 25.9. The van der Waals surface area contributed by atoms with E-state index in [0.717, 1.165) is 27.6 Å². The minimum absolute atomic E-state index is 0.0858. The van der Waals surface area contributed by atoms with Gasteiger partial charge in [-0.25, -0.2) is 0 Å². The van der Waals surface area contributed by atoms with Gasteiger partial charge in [-0.3, -0.25) is 9.59 Å². The van der Waals surface area contributed by atoms with E-state index in [0.29, 0.717) is 19.3 Å². The van der Waals surface area contributed by atoms with Crippen molar-refractivity contribution < 1.29 is 24.5 Å². The normalized spacial score (nSPS) is 37.6. The van der Waals surface area contributed by atoms with Gasteiger partial charge in [-0.05, 0) is 56.2 Å². The van der Waals surface area contributed by atoms with Crippen molar-refractivity contribution in [3.05, 3.63) is 59.3 Å². The molecule has 1 spiro atoms. The number of aliphatic hydroxyl groups is 2. The molecule has 1 aromatic heterocycles. The predicted octanol–water partition coefficient (Wildman–Crippen LogP) is 3.46. The summed E-state index contributed by atoms with van der Waals surface area (Å²) in [4.78, 5) is 31.7. The summed E-state index contributed by atoms with van der Waals surface area (Å²) in [5, 5.41) is 26.6. The van der Waals surface area contributed by atoms with E-state index in [9.17, 15) is 19.8 Å². The minimum atomic E-state index is -1.47. The molecule has 0 saturated carbocycles. The number of aromatic nitrogens is 1. The maximum absolute atomic E-state index is 14.3. The Morgan fingerprint density at radius 3 is 2.65 bits per heavy atom. The van der Waals surface area contributed by atoms with E-state index in [1.165, 1.54) is 7.11 Å². The monoisotopic (exact) mass is 506 g/mol. The fraction of sp³-hybridized carbons (Fsp3) is 0.533. The number of hydrogen-bond acceptors (Lipinski definition) is 5. The molecule has 0 bridgehead atoms. The number of benzene rings is 1. The van der Waals surface area contributed by atoms with Crippen molar-refractivity contribution in [1.82, 2.24) is 10.3 Å². The molecule has 1 aliphatic heterocycles. The standard InChI is InChI=1S/C30H38N2O5/c1-16-8-7-10-21-28(35)18(3)17(2)27-23(13-19-15-31-22-11-6-5-9-20(19)22)32-29(36)30(21,27)26(34)14-25(37-4)24(33)12-16/h5-7,9-11,15-16,21,23-25,27-28,31,33,35H,8,12-14H2,1-4H3,(H,32,36)/b10-7+. The molecule has 198 valence electrons. The zero-order chi connectivity index (χ0) is 26.5. The molecule has 8 unspecified atom stereocenters. The van der Waals surface area contributed by atoms with Crippen molar-refractivity contribution in [2.24, 2.45) is 23.2 Å². The Bertz CT molecular complexity index is 1260. The zero-order valence-electron chi connectivity index (χ0n) is 22.0. The molecular formula is C30H38N2O5. The highest BCUT2D eigenvalue weighted by Gasteiger charge is 2.66. The molecule has 2 aliphatic carbocycles. The van der Waals surface area contributed by atoms with E-state index in [-0.39, 0.29) is 30.1 Å². The first-order chi connectivity index (χ1) is 17.7. The first-order valence-electron chi connectivity index (χ1n) is 13.3. The lowest BCUT2D eigenvalue weighted by atomic mass is 9.54. The second-order valence-electron chi connectivity index (χ2n) is 11.3. The van der Waals surface area contributed by atoms with Crippen molar-refractivity contribution in [2.45, 2.75) is 70.8 Å². The van der Waals surface area contributed by atoms with Gasteiger partial charge < -0.3 is 25.3 Å². The van der Waals surface area contributed by atoms with Gasteiger partial charge >= 0.3 is 0 Å². The summed E-state index contributed by atoms with van der Waals surface area (Å²) in [5.41, 5.74) is 2.32. The SMILES string of the molecule is COC1CC(=O)C23C(=O)NC(Cc4c[nH]c5ccccc45)C2C(C)=C(C)C(O)C3/C=C/CC(C)CC1O. The molecule has 1 saturated heterocycles. The predicted molar refractivity (Wildman–Crippen MR) is 142 cm³/mol. The highest BCUT2D eigenvalue weighted by molar-refractivity contribution is 6.10. The molecule has 4 N–H and O–H groups in total. The highest BCUT2D eigenvalue weighted by Crippen LogP contribution is 2.55. The van der Waals surface area contributed by atoms with E-state index in [2.05, 4.69) is 16.4 Å². The fourth-order valence-electron chi connectivity index (χ4n) is 7.12. The van der Waals surface area contributed by atoms with Crippen LogP contribution in [0.15, 0.2) is 53.8 Å². The van der Waals surface area contributed by atoms with Gasteiger partial charge in [0, 0.05) is 48.5 Å². The first-order valence-corrected chi connectivity index (χ1v) is 13.3. The molecule has 7 heteroatoms. The molecule has 0 radical (unpaired) electrons. The summed E-state index contributed by atoms with van der Waals surface area (Å²) < 4.78 is 5.59. The van der Waals surface area contributed by atoms with Gasteiger partial charge in [0.25, 0.3) is 0 Å². The third kappa shape index (κ3) is 4.08. The molecule has 7 nitrogen and oxygen atoms in total. The average Bonchev–Trinajstić information content (AvgIpc) is 3.41. The number of Topliss-reactive ketones (excluding diaryl/α,β-unsaturated/α-hetero) is 1. The number of methoxy groups -OCH3 is 1. The maximum Gasteiger partial charge on any atom is 0.235 e. The van der Waals surface area contributed by atoms with Gasteiger partial charge in [-0.1, -0.05) is 42.8 Å². The van der Waals surface area contributed by atoms with Gasteiger partial charge in [0.05, 0.1) is 18.3 Å². The maximum atomic E-state index is 14.3. The van der Waals surface area contributed by atoms with E-state index < -0.39 is 35.6 Å². The summed E-state index contributed by atoms with van der Waals surface area (Å²) in [6.07, 6.45) is 4.98. The largest absolute Gasteiger partial charge is 0.390 e. The molecule has 37 heavy (non-hydrogen) atoms. The topological polar surface area (TPSA) is 112 Å². The zero-order valence-corrected chi connectivity index (χ0v) is 22.0. The van der Waals surface area contributed by atoms with Crippen LogP contribution in [-0.4, -0.2) is 58.4 Å². The quantitative estimate of drug-likeness (QED) is 0.376. The highest BCUT2D eigenvalue weighted by atomic mass is 16.5. The van der Waals surface area contributed by atoms with E-state index in [1.54, 1.807) is 0 Å². The smallest absolute Gasteiger partial charge is 0.235 e. The van der Waals surface area contributed by atoms with Crippen LogP contribution in [0.3, 0.4) is 0 Å². The molecule has 2 aromatic rings. The van der Waals surface area contributed by atoms with Crippen LogP contribution in [0.4, 0.5) is 0 Å². The number of H-pyrrole nitrogens is 1. The van der Waals surface area contributed by atoms with Crippen LogP contribution in [0, 0.1) is 23.2 Å². The molecule has 1 fully saturated rings. The number of aromatic amines is 1. The van der Waals surface area contributed by atoms with Crippen LogP contribution in [0.1, 0.15) is 45.6 Å². The van der Waals surface area contributed by atoms with Crippen LogP contribution in [-0.2, 0) is 20.7 Å². The second kappa shape index (κ2) is 9.86. The van der Waals surface area contributed by atoms with E-state index >= 15 is 0 Å². The van der Waals surface area contributed by atoms with Gasteiger partial charge in [-0.2, -0.15) is 0 Å². The molecule has 8 atom stereocenters. The summed E-state index contributed by atoms with van der Waals surface area (Å²) in [6, 6.07) is 7.73. The lowest BCUT2D eigenvalue weighted by Crippen LogP contribution is -2.56. The number of hydrogen-bond donors (Lipinski definition) is 4. The molecule has 1 amide bonds. The Morgan fingerprint density at radius 1 is 1.14 bits per heavy atom. The van der Waals surface area contributed by atoms with Crippen molar-refractivity contribution in [1.29, 1.82) is 0 Å². The van der Waals surface area contributed by atoms with Crippen molar-refractivity contribution >= 4 is 22.6 Å². The summed E-state index contributed by atoms with van der Waals surface area (Å²) in [5.74, 6) is -1.58. The molecule has 5 rings (SSSR count). The number of rotatable bonds is 3. The Balaban J connectivity index is 1.64.